The van der Waals surface area contributed by atoms with E-state index in [0.29, 0.717) is 12.6 Å². The Balaban J connectivity index is 0.000000847. The molecule has 3 rings (SSSR count). The van der Waals surface area contributed by atoms with Gasteiger partial charge in [-0.2, -0.15) is 0 Å². The number of hydrogen-bond acceptors (Lipinski definition) is 2. The molecule has 22 heavy (non-hydrogen) atoms. The molecule has 1 atom stereocenters. The second-order valence-electron chi connectivity index (χ2n) is 4.90. The lowest BCUT2D eigenvalue weighted by atomic mass is 9.97. The predicted molar refractivity (Wildman–Crippen MR) is 93.5 cm³/mol. The van der Waals surface area contributed by atoms with Crippen LogP contribution in [0.25, 0.3) is 0 Å². The number of fused-ring (bicyclic) bond motifs is 1. The maximum Gasteiger partial charge on any atom is 0.290 e. The zero-order chi connectivity index (χ0) is 15.9. The number of rotatable bonds is 2. The van der Waals surface area contributed by atoms with Crippen LogP contribution in [0.1, 0.15) is 43.6 Å². The zero-order valence-corrected chi connectivity index (χ0v) is 13.8. The molecule has 1 aliphatic heterocycles. The van der Waals surface area contributed by atoms with E-state index in [-0.39, 0.29) is 6.10 Å². The lowest BCUT2D eigenvalue weighted by Crippen LogP contribution is -2.27. The van der Waals surface area contributed by atoms with E-state index in [9.17, 15) is 0 Å². The fraction of sp³-hybridized carbons (Fsp3) is 0.316. The number of amidine groups is 1. The van der Waals surface area contributed by atoms with Gasteiger partial charge in [-0.15, -0.1) is 0 Å². The van der Waals surface area contributed by atoms with Crippen molar-refractivity contribution in [2.45, 2.75) is 33.8 Å². The highest BCUT2D eigenvalue weighted by Crippen LogP contribution is 2.35. The minimum atomic E-state index is -0.0994. The van der Waals surface area contributed by atoms with E-state index in [0.717, 1.165) is 16.8 Å². The molecular weight excluding hydrogens is 272 g/mol. The van der Waals surface area contributed by atoms with E-state index in [1.807, 2.05) is 39.0 Å². The van der Waals surface area contributed by atoms with Gasteiger partial charge in [-0.05, 0) is 31.5 Å². The van der Waals surface area contributed by atoms with Crippen LogP contribution in [0.3, 0.4) is 0 Å². The van der Waals surface area contributed by atoms with Crippen LogP contribution in [-0.2, 0) is 4.74 Å². The lowest BCUT2D eigenvalue weighted by Gasteiger charge is -2.29. The van der Waals surface area contributed by atoms with Crippen LogP contribution >= 0.6 is 0 Å². The molecule has 0 saturated carbocycles. The Morgan fingerprint density at radius 2 is 1.82 bits per heavy atom. The van der Waals surface area contributed by atoms with Gasteiger partial charge in [-0.3, -0.25) is 0 Å². The van der Waals surface area contributed by atoms with Gasteiger partial charge in [0.1, 0.15) is 0 Å². The summed E-state index contributed by atoms with van der Waals surface area (Å²) in [5.41, 5.74) is 4.60. The SMILES string of the molecule is CC.CCN=C1Nc2ccc(C)cc2C(c2ccccc2)O1. The monoisotopic (exact) mass is 296 g/mol. The molecule has 0 saturated heterocycles. The summed E-state index contributed by atoms with van der Waals surface area (Å²) in [4.78, 5) is 4.36. The van der Waals surface area contributed by atoms with Crippen LogP contribution in [0.5, 0.6) is 0 Å². The Bertz CT molecular complexity index is 635. The largest absolute Gasteiger partial charge is 0.452 e. The molecule has 116 valence electrons. The zero-order valence-electron chi connectivity index (χ0n) is 13.8. The maximum absolute atomic E-state index is 6.03. The maximum atomic E-state index is 6.03. The molecular formula is C19H24N2O. The molecule has 0 fully saturated rings. The van der Waals surface area contributed by atoms with Crippen molar-refractivity contribution in [3.05, 3.63) is 65.2 Å². The van der Waals surface area contributed by atoms with Crippen molar-refractivity contribution in [1.29, 1.82) is 0 Å². The minimum absolute atomic E-state index is 0.0994. The molecule has 0 bridgehead atoms. The summed E-state index contributed by atoms with van der Waals surface area (Å²) in [5.74, 6) is 0. The first-order valence-electron chi connectivity index (χ1n) is 7.91. The first-order chi connectivity index (χ1) is 10.8. The molecule has 1 unspecified atom stereocenters. The van der Waals surface area contributed by atoms with Crippen LogP contribution in [0.15, 0.2) is 53.5 Å². The van der Waals surface area contributed by atoms with Crippen molar-refractivity contribution in [3.63, 3.8) is 0 Å². The molecule has 2 aromatic rings. The number of nitrogens with one attached hydrogen (secondary N) is 1. The molecule has 2 aromatic carbocycles. The predicted octanol–water partition coefficient (Wildman–Crippen LogP) is 4.93. The topological polar surface area (TPSA) is 33.6 Å². The Labute approximate surface area is 133 Å². The normalized spacial score (nSPS) is 17.6. The van der Waals surface area contributed by atoms with Crippen LogP contribution < -0.4 is 5.32 Å². The molecule has 3 nitrogen and oxygen atoms in total. The summed E-state index contributed by atoms with van der Waals surface area (Å²) in [6.07, 6.45) is -0.0994. The van der Waals surface area contributed by atoms with E-state index in [2.05, 4.69) is 47.6 Å². The molecule has 0 amide bonds. The third kappa shape index (κ3) is 3.48. The Hall–Kier alpha value is -2.29. The van der Waals surface area contributed by atoms with Gasteiger partial charge in [0.05, 0.1) is 0 Å². The van der Waals surface area contributed by atoms with Gasteiger partial charge >= 0.3 is 0 Å². The van der Waals surface area contributed by atoms with Crippen molar-refractivity contribution >= 4 is 11.7 Å². The number of ether oxygens (including phenoxy) is 1. The molecule has 3 heteroatoms. The highest BCUT2D eigenvalue weighted by Gasteiger charge is 2.26. The van der Waals surface area contributed by atoms with Gasteiger partial charge in [0.15, 0.2) is 6.10 Å². The van der Waals surface area contributed by atoms with Crippen molar-refractivity contribution in [2.75, 3.05) is 11.9 Å². The number of nitrogens with zero attached hydrogens (tertiary/aromatic N) is 1. The molecule has 0 aromatic heterocycles. The van der Waals surface area contributed by atoms with E-state index < -0.39 is 0 Å². The van der Waals surface area contributed by atoms with Crippen LogP contribution in [0, 0.1) is 6.92 Å². The van der Waals surface area contributed by atoms with Gasteiger partial charge in [-0.1, -0.05) is 55.8 Å². The fourth-order valence-corrected chi connectivity index (χ4v) is 2.43. The molecule has 0 radical (unpaired) electrons. The Kier molecular flexibility index (Phi) is 5.59. The first-order valence-corrected chi connectivity index (χ1v) is 7.91. The fourth-order valence-electron chi connectivity index (χ4n) is 2.43. The van der Waals surface area contributed by atoms with E-state index in [1.165, 1.54) is 5.56 Å². The average molecular weight is 296 g/mol. The Morgan fingerprint density at radius 1 is 1.09 bits per heavy atom. The first kappa shape index (κ1) is 16.1. The number of anilines is 1. The molecule has 0 aliphatic carbocycles. The standard InChI is InChI=1S/C17H18N2O.C2H6/c1-3-18-17-19-15-10-9-12(2)11-14(15)16(20-17)13-7-5-4-6-8-13;1-2/h4-11,16H,3H2,1-2H3,(H,18,19);1-2H3. The van der Waals surface area contributed by atoms with Crippen LogP contribution in [-0.4, -0.2) is 12.6 Å². The van der Waals surface area contributed by atoms with Crippen molar-refractivity contribution in [3.8, 4) is 0 Å². The minimum Gasteiger partial charge on any atom is -0.452 e. The lowest BCUT2D eigenvalue weighted by molar-refractivity contribution is 0.226. The van der Waals surface area contributed by atoms with Gasteiger partial charge in [0.25, 0.3) is 6.02 Å². The molecule has 1 N–H and O–H groups in total. The Morgan fingerprint density at radius 3 is 2.50 bits per heavy atom. The average Bonchev–Trinajstić information content (AvgIpc) is 2.57. The summed E-state index contributed by atoms with van der Waals surface area (Å²) in [6, 6.07) is 17.2. The van der Waals surface area contributed by atoms with Crippen LogP contribution in [0.4, 0.5) is 5.69 Å². The van der Waals surface area contributed by atoms with E-state index >= 15 is 0 Å². The van der Waals surface area contributed by atoms with Gasteiger partial charge < -0.3 is 10.1 Å². The molecule has 0 spiro atoms. The van der Waals surface area contributed by atoms with Gasteiger partial charge in [0, 0.05) is 17.8 Å². The van der Waals surface area contributed by atoms with Crippen molar-refractivity contribution < 1.29 is 4.74 Å². The quantitative estimate of drug-likeness (QED) is 0.852. The van der Waals surface area contributed by atoms with Crippen molar-refractivity contribution in [1.82, 2.24) is 0 Å². The summed E-state index contributed by atoms with van der Waals surface area (Å²) in [5, 5.41) is 3.25. The second-order valence-corrected chi connectivity index (χ2v) is 4.90. The second kappa shape index (κ2) is 7.64. The number of aliphatic imine (C=N–C) groups is 1. The summed E-state index contributed by atoms with van der Waals surface area (Å²) in [7, 11) is 0. The summed E-state index contributed by atoms with van der Waals surface area (Å²) >= 11 is 0. The molecule has 1 heterocycles. The van der Waals surface area contributed by atoms with Gasteiger partial charge in [0.2, 0.25) is 0 Å². The third-order valence-electron chi connectivity index (χ3n) is 3.36. The van der Waals surface area contributed by atoms with Crippen molar-refractivity contribution in [2.24, 2.45) is 4.99 Å². The summed E-state index contributed by atoms with van der Waals surface area (Å²) < 4.78 is 6.03. The number of aryl methyl sites for hydroxylation is 1. The highest BCUT2D eigenvalue weighted by atomic mass is 16.5. The number of benzene rings is 2. The molecule has 1 aliphatic rings. The highest BCUT2D eigenvalue weighted by molar-refractivity contribution is 5.92. The third-order valence-corrected chi connectivity index (χ3v) is 3.36. The number of hydrogen-bond donors (Lipinski definition) is 1. The van der Waals surface area contributed by atoms with Crippen LogP contribution in [0.2, 0.25) is 0 Å². The van der Waals surface area contributed by atoms with E-state index in [4.69, 9.17) is 4.74 Å². The van der Waals surface area contributed by atoms with E-state index in [1.54, 1.807) is 0 Å². The smallest absolute Gasteiger partial charge is 0.290 e. The van der Waals surface area contributed by atoms with Gasteiger partial charge in [-0.25, -0.2) is 4.99 Å². The summed E-state index contributed by atoms with van der Waals surface area (Å²) in [6.45, 7) is 8.79.